The van der Waals surface area contributed by atoms with Crippen LogP contribution in [0, 0.1) is 13.8 Å². The van der Waals surface area contributed by atoms with Crippen LogP contribution in [-0.2, 0) is 6.42 Å². The minimum atomic E-state index is -0.524. The summed E-state index contributed by atoms with van der Waals surface area (Å²) in [7, 11) is 0. The molecule has 4 aromatic rings. The first-order chi connectivity index (χ1) is 14.7. The first kappa shape index (κ1) is 18.5. The second-order valence-corrected chi connectivity index (χ2v) is 7.94. The molecule has 2 heteroatoms. The van der Waals surface area contributed by atoms with Crippen LogP contribution >= 0.6 is 0 Å². The van der Waals surface area contributed by atoms with Gasteiger partial charge in [0.05, 0.1) is 0 Å². The van der Waals surface area contributed by atoms with Crippen molar-refractivity contribution in [3.63, 3.8) is 0 Å². The van der Waals surface area contributed by atoms with Gasteiger partial charge in [-0.15, -0.1) is 0 Å². The highest BCUT2D eigenvalue weighted by molar-refractivity contribution is 5.77. The van der Waals surface area contributed by atoms with E-state index in [1.54, 1.807) is 0 Å². The second kappa shape index (κ2) is 7.72. The summed E-state index contributed by atoms with van der Waals surface area (Å²) in [5.74, 6) is 1.59. The molecule has 1 aliphatic rings. The molecular weight excluding hydrogens is 368 g/mol. The van der Waals surface area contributed by atoms with Gasteiger partial charge in [-0.1, -0.05) is 71.8 Å². The first-order valence-electron chi connectivity index (χ1n) is 10.3. The summed E-state index contributed by atoms with van der Waals surface area (Å²) in [4.78, 5) is 0. The molecule has 0 amide bonds. The number of ether oxygens (including phenoxy) is 2. The SMILES string of the molecule is Cc1ccc(OC(Oc2ccc(C)cc2)c2ccc3c(c2)Cc2ccccc2-3)cc1. The molecular formula is C28H24O2. The lowest BCUT2D eigenvalue weighted by Gasteiger charge is -2.22. The predicted octanol–water partition coefficient (Wildman–Crippen LogP) is 7.03. The standard InChI is InChI=1S/C28H24O2/c1-19-7-12-24(13-8-19)29-28(30-25-14-9-20(2)10-15-25)22-11-16-27-23(18-22)17-21-5-3-4-6-26(21)27/h3-16,18,28H,17H2,1-2H3. The van der Waals surface area contributed by atoms with Gasteiger partial charge in [0.2, 0.25) is 0 Å². The molecule has 30 heavy (non-hydrogen) atoms. The topological polar surface area (TPSA) is 18.5 Å². The van der Waals surface area contributed by atoms with E-state index in [4.69, 9.17) is 9.47 Å². The minimum Gasteiger partial charge on any atom is -0.451 e. The third-order valence-corrected chi connectivity index (χ3v) is 5.62. The Balaban J connectivity index is 1.48. The Morgan fingerprint density at radius 1 is 0.600 bits per heavy atom. The maximum absolute atomic E-state index is 6.30. The third kappa shape index (κ3) is 3.69. The Morgan fingerprint density at radius 2 is 1.17 bits per heavy atom. The molecule has 5 rings (SSSR count). The number of hydrogen-bond acceptors (Lipinski definition) is 2. The van der Waals surface area contributed by atoms with Crippen molar-refractivity contribution in [2.75, 3.05) is 0 Å². The fourth-order valence-corrected chi connectivity index (χ4v) is 3.95. The highest BCUT2D eigenvalue weighted by Gasteiger charge is 2.22. The van der Waals surface area contributed by atoms with E-state index in [0.717, 1.165) is 23.5 Å². The van der Waals surface area contributed by atoms with E-state index in [1.165, 1.54) is 33.4 Å². The number of rotatable bonds is 5. The second-order valence-electron chi connectivity index (χ2n) is 7.94. The van der Waals surface area contributed by atoms with E-state index in [9.17, 15) is 0 Å². The molecule has 0 aliphatic heterocycles. The summed E-state index contributed by atoms with van der Waals surface area (Å²) in [5.41, 5.74) is 8.75. The molecule has 0 N–H and O–H groups in total. The smallest absolute Gasteiger partial charge is 0.267 e. The van der Waals surface area contributed by atoms with Gasteiger partial charge >= 0.3 is 0 Å². The van der Waals surface area contributed by atoms with Gasteiger partial charge in [-0.2, -0.15) is 0 Å². The van der Waals surface area contributed by atoms with E-state index < -0.39 is 6.29 Å². The van der Waals surface area contributed by atoms with Crippen molar-refractivity contribution in [3.8, 4) is 22.6 Å². The maximum Gasteiger partial charge on any atom is 0.267 e. The molecule has 1 aliphatic carbocycles. The van der Waals surface area contributed by atoms with Crippen LogP contribution in [0.1, 0.15) is 34.1 Å². The van der Waals surface area contributed by atoms with Crippen molar-refractivity contribution >= 4 is 0 Å². The lowest BCUT2D eigenvalue weighted by Crippen LogP contribution is -2.15. The summed E-state index contributed by atoms with van der Waals surface area (Å²) in [6.07, 6.45) is 0.422. The number of hydrogen-bond donors (Lipinski definition) is 0. The number of aryl methyl sites for hydroxylation is 2. The van der Waals surface area contributed by atoms with Gasteiger partial charge in [0.15, 0.2) is 0 Å². The van der Waals surface area contributed by atoms with Gasteiger partial charge in [-0.05, 0) is 72.9 Å². The molecule has 2 nitrogen and oxygen atoms in total. The molecule has 148 valence electrons. The van der Waals surface area contributed by atoms with Crippen LogP contribution in [0.25, 0.3) is 11.1 Å². The van der Waals surface area contributed by atoms with Crippen LogP contribution in [0.15, 0.2) is 91.0 Å². The summed E-state index contributed by atoms with van der Waals surface area (Å²) < 4.78 is 12.6. The van der Waals surface area contributed by atoms with Gasteiger partial charge in [0, 0.05) is 5.56 Å². The first-order valence-corrected chi connectivity index (χ1v) is 10.3. The lowest BCUT2D eigenvalue weighted by molar-refractivity contribution is 0.00376. The van der Waals surface area contributed by atoms with Crippen molar-refractivity contribution in [2.24, 2.45) is 0 Å². The van der Waals surface area contributed by atoms with E-state index in [-0.39, 0.29) is 0 Å². The maximum atomic E-state index is 6.30. The van der Waals surface area contributed by atoms with Crippen LogP contribution in [0.5, 0.6) is 11.5 Å². The van der Waals surface area contributed by atoms with Crippen LogP contribution in [0.4, 0.5) is 0 Å². The molecule has 0 spiro atoms. The fraction of sp³-hybridized carbons (Fsp3) is 0.143. The van der Waals surface area contributed by atoms with E-state index in [0.29, 0.717) is 0 Å². The monoisotopic (exact) mass is 392 g/mol. The summed E-state index contributed by atoms with van der Waals surface area (Å²) in [5, 5.41) is 0. The minimum absolute atomic E-state index is 0.524. The molecule has 0 atom stereocenters. The lowest BCUT2D eigenvalue weighted by atomic mass is 10.0. The van der Waals surface area contributed by atoms with Gasteiger partial charge in [-0.3, -0.25) is 0 Å². The molecule has 0 unspecified atom stereocenters. The molecule has 0 heterocycles. The fourth-order valence-electron chi connectivity index (χ4n) is 3.95. The molecule has 4 aromatic carbocycles. The molecule has 0 saturated heterocycles. The van der Waals surface area contributed by atoms with Crippen molar-refractivity contribution in [1.29, 1.82) is 0 Å². The van der Waals surface area contributed by atoms with Crippen LogP contribution in [0.3, 0.4) is 0 Å². The van der Waals surface area contributed by atoms with Crippen molar-refractivity contribution in [1.82, 2.24) is 0 Å². The van der Waals surface area contributed by atoms with E-state index in [2.05, 4.69) is 80.6 Å². The average Bonchev–Trinajstić information content (AvgIpc) is 3.14. The Labute approximate surface area is 177 Å². The van der Waals surface area contributed by atoms with Crippen molar-refractivity contribution in [3.05, 3.63) is 119 Å². The predicted molar refractivity (Wildman–Crippen MR) is 121 cm³/mol. The Morgan fingerprint density at radius 3 is 1.80 bits per heavy atom. The number of benzene rings is 4. The van der Waals surface area contributed by atoms with E-state index >= 15 is 0 Å². The molecule has 0 aromatic heterocycles. The zero-order valence-electron chi connectivity index (χ0n) is 17.3. The highest BCUT2D eigenvalue weighted by Crippen LogP contribution is 2.38. The largest absolute Gasteiger partial charge is 0.451 e. The zero-order valence-corrected chi connectivity index (χ0v) is 17.3. The molecule has 0 radical (unpaired) electrons. The van der Waals surface area contributed by atoms with Gasteiger partial charge in [-0.25, -0.2) is 0 Å². The van der Waals surface area contributed by atoms with Gasteiger partial charge < -0.3 is 9.47 Å². The quantitative estimate of drug-likeness (QED) is 0.299. The Kier molecular flexibility index (Phi) is 4.76. The van der Waals surface area contributed by atoms with Gasteiger partial charge in [0.1, 0.15) is 11.5 Å². The Hall–Kier alpha value is -3.52. The number of fused-ring (bicyclic) bond motifs is 3. The molecule has 0 bridgehead atoms. The summed E-state index contributed by atoms with van der Waals surface area (Å²) in [6, 6.07) is 31.3. The van der Waals surface area contributed by atoms with E-state index in [1.807, 2.05) is 24.3 Å². The Bertz CT molecular complexity index is 1130. The average molecular weight is 392 g/mol. The molecule has 0 fully saturated rings. The van der Waals surface area contributed by atoms with Gasteiger partial charge in [0.25, 0.3) is 6.29 Å². The van der Waals surface area contributed by atoms with Crippen molar-refractivity contribution in [2.45, 2.75) is 26.6 Å². The summed E-state index contributed by atoms with van der Waals surface area (Å²) >= 11 is 0. The normalized spacial score (nSPS) is 11.8. The van der Waals surface area contributed by atoms with Crippen LogP contribution < -0.4 is 9.47 Å². The third-order valence-electron chi connectivity index (χ3n) is 5.62. The zero-order chi connectivity index (χ0) is 20.5. The molecule has 0 saturated carbocycles. The highest BCUT2D eigenvalue weighted by atomic mass is 16.7. The van der Waals surface area contributed by atoms with Crippen LogP contribution in [0.2, 0.25) is 0 Å². The van der Waals surface area contributed by atoms with Crippen LogP contribution in [-0.4, -0.2) is 0 Å². The van der Waals surface area contributed by atoms with Crippen molar-refractivity contribution < 1.29 is 9.47 Å². The summed E-state index contributed by atoms with van der Waals surface area (Å²) in [6.45, 7) is 4.14.